The quantitative estimate of drug-likeness (QED) is 0.405. The van der Waals surface area contributed by atoms with Crippen LogP contribution in [0.4, 0.5) is 28.6 Å². The Kier molecular flexibility index (Phi) is 8.48. The van der Waals surface area contributed by atoms with Crippen molar-refractivity contribution in [2.45, 2.75) is 20.8 Å². The Labute approximate surface area is 224 Å². The van der Waals surface area contributed by atoms with Crippen LogP contribution in [0.5, 0.6) is 5.75 Å². The van der Waals surface area contributed by atoms with Crippen LogP contribution in [0.25, 0.3) is 0 Å². The van der Waals surface area contributed by atoms with Crippen molar-refractivity contribution >= 4 is 40.4 Å². The molecule has 4 rings (SSSR count). The Balaban J connectivity index is 1.57. The predicted molar refractivity (Wildman–Crippen MR) is 152 cm³/mol. The van der Waals surface area contributed by atoms with Crippen molar-refractivity contribution < 1.29 is 14.3 Å². The number of nitrogens with zero attached hydrogens (tertiary/aromatic N) is 4. The number of aromatic nitrogens is 1. The van der Waals surface area contributed by atoms with Gasteiger partial charge in [-0.05, 0) is 50.3 Å². The van der Waals surface area contributed by atoms with E-state index in [2.05, 4.69) is 34.4 Å². The minimum absolute atomic E-state index is 0.0849. The van der Waals surface area contributed by atoms with Crippen LogP contribution in [0.15, 0.2) is 54.7 Å². The smallest absolute Gasteiger partial charge is 0.260 e. The lowest BCUT2D eigenvalue weighted by Gasteiger charge is -2.23. The molecule has 0 spiro atoms. The third-order valence-electron chi connectivity index (χ3n) is 6.80. The molecule has 2 amide bonds. The van der Waals surface area contributed by atoms with Crippen molar-refractivity contribution in [2.24, 2.45) is 0 Å². The molecule has 0 saturated heterocycles. The molecule has 9 nitrogen and oxygen atoms in total. The van der Waals surface area contributed by atoms with Crippen molar-refractivity contribution in [3.05, 3.63) is 65.9 Å². The summed E-state index contributed by atoms with van der Waals surface area (Å²) in [5.74, 6) is 0.930. The van der Waals surface area contributed by atoms with E-state index in [1.807, 2.05) is 55.3 Å². The number of nitrogens with one attached hydrogen (secondary N) is 2. The molecule has 3 aromatic rings. The standard InChI is InChI=1S/C29H36N6O3/c1-6-35(7-2)16-15-30-28(36)20-13-14-22(26(17-20)38-8-3)32-27-18-24-25(19-31-27)34(5)29(37)21-11-9-10-12-23(21)33(24)4/h9-14,17-19H,6-8,15-16H2,1-5H3,(H,30,36)(H,31,32). The van der Waals surface area contributed by atoms with Gasteiger partial charge in [-0.3, -0.25) is 9.59 Å². The van der Waals surface area contributed by atoms with Crippen LogP contribution in [0, 0.1) is 0 Å². The van der Waals surface area contributed by atoms with Crippen LogP contribution in [-0.2, 0) is 0 Å². The number of likely N-dealkylation sites (N-methyl/N-ethyl adjacent to an activating group) is 1. The fraction of sp³-hybridized carbons (Fsp3) is 0.345. The van der Waals surface area contributed by atoms with E-state index in [0.717, 1.165) is 31.0 Å². The maximum absolute atomic E-state index is 13.1. The topological polar surface area (TPSA) is 90.0 Å². The number of benzene rings is 2. The third-order valence-corrected chi connectivity index (χ3v) is 6.80. The summed E-state index contributed by atoms with van der Waals surface area (Å²) < 4.78 is 5.87. The van der Waals surface area contributed by atoms with Crippen LogP contribution < -0.4 is 25.2 Å². The molecule has 200 valence electrons. The number of para-hydroxylation sites is 1. The van der Waals surface area contributed by atoms with Gasteiger partial charge >= 0.3 is 0 Å². The molecular formula is C29H36N6O3. The zero-order valence-corrected chi connectivity index (χ0v) is 22.7. The Morgan fingerprint density at radius 1 is 0.974 bits per heavy atom. The molecule has 1 aromatic heterocycles. The monoisotopic (exact) mass is 516 g/mol. The van der Waals surface area contributed by atoms with Crippen molar-refractivity contribution in [1.82, 2.24) is 15.2 Å². The van der Waals surface area contributed by atoms with Gasteiger partial charge in [0, 0.05) is 38.8 Å². The molecule has 2 N–H and O–H groups in total. The van der Waals surface area contributed by atoms with Crippen molar-refractivity contribution in [1.29, 1.82) is 0 Å². The normalized spacial score (nSPS) is 12.6. The number of rotatable bonds is 10. The van der Waals surface area contributed by atoms with Crippen LogP contribution in [-0.4, -0.2) is 68.6 Å². The van der Waals surface area contributed by atoms with E-state index in [-0.39, 0.29) is 11.8 Å². The molecule has 38 heavy (non-hydrogen) atoms. The predicted octanol–water partition coefficient (Wildman–Crippen LogP) is 4.65. The SMILES string of the molecule is CCOc1cc(C(=O)NCCN(CC)CC)ccc1Nc1cc2c(cn1)N(C)C(=O)c1ccccc1N2C. The molecule has 0 atom stereocenters. The Bertz CT molecular complexity index is 1310. The zero-order chi connectivity index (χ0) is 27.2. The third kappa shape index (κ3) is 5.57. The Morgan fingerprint density at radius 3 is 2.47 bits per heavy atom. The highest BCUT2D eigenvalue weighted by atomic mass is 16.5. The summed E-state index contributed by atoms with van der Waals surface area (Å²) in [5, 5.41) is 6.32. The van der Waals surface area contributed by atoms with Gasteiger partial charge in [0.2, 0.25) is 0 Å². The van der Waals surface area contributed by atoms with Gasteiger partial charge in [0.1, 0.15) is 11.6 Å². The van der Waals surface area contributed by atoms with Crippen LogP contribution in [0.3, 0.4) is 0 Å². The first-order valence-corrected chi connectivity index (χ1v) is 13.0. The summed E-state index contributed by atoms with van der Waals surface area (Å²) in [6.07, 6.45) is 1.69. The molecule has 0 fully saturated rings. The van der Waals surface area contributed by atoms with Crippen molar-refractivity contribution in [2.75, 3.05) is 62.0 Å². The average Bonchev–Trinajstić information content (AvgIpc) is 3.01. The molecular weight excluding hydrogens is 480 g/mol. The van der Waals surface area contributed by atoms with Gasteiger partial charge in [0.15, 0.2) is 0 Å². The summed E-state index contributed by atoms with van der Waals surface area (Å²) in [5.41, 5.74) is 4.23. The first kappa shape index (κ1) is 26.9. The van der Waals surface area contributed by atoms with Gasteiger partial charge in [-0.15, -0.1) is 0 Å². The number of fused-ring (bicyclic) bond motifs is 2. The van der Waals surface area contributed by atoms with E-state index < -0.39 is 0 Å². The van der Waals surface area contributed by atoms with Crippen LogP contribution in [0.1, 0.15) is 41.5 Å². The maximum atomic E-state index is 13.1. The van der Waals surface area contributed by atoms with E-state index in [4.69, 9.17) is 4.74 Å². The first-order chi connectivity index (χ1) is 18.4. The van der Waals surface area contributed by atoms with E-state index in [0.29, 0.717) is 47.2 Å². The first-order valence-electron chi connectivity index (χ1n) is 13.0. The molecule has 1 aliphatic rings. The second-order valence-electron chi connectivity index (χ2n) is 9.05. The molecule has 0 aliphatic carbocycles. The van der Waals surface area contributed by atoms with Gasteiger partial charge in [0.25, 0.3) is 11.8 Å². The minimum Gasteiger partial charge on any atom is -0.492 e. The number of amides is 2. The average molecular weight is 517 g/mol. The number of hydrogen-bond donors (Lipinski definition) is 2. The van der Waals surface area contributed by atoms with Gasteiger partial charge in [-0.25, -0.2) is 4.98 Å². The second kappa shape index (κ2) is 12.0. The lowest BCUT2D eigenvalue weighted by molar-refractivity contribution is 0.0947. The number of carbonyl (C=O) groups excluding carboxylic acids is 2. The highest BCUT2D eigenvalue weighted by Gasteiger charge is 2.27. The summed E-state index contributed by atoms with van der Waals surface area (Å²) in [4.78, 5) is 36.3. The number of pyridine rings is 1. The highest BCUT2D eigenvalue weighted by Crippen LogP contribution is 2.40. The van der Waals surface area contributed by atoms with Gasteiger partial charge in [-0.1, -0.05) is 26.0 Å². The lowest BCUT2D eigenvalue weighted by Crippen LogP contribution is -2.34. The van der Waals surface area contributed by atoms with E-state index in [1.54, 1.807) is 30.3 Å². The summed E-state index contributed by atoms with van der Waals surface area (Å²) in [7, 11) is 3.69. The fourth-order valence-electron chi connectivity index (χ4n) is 4.55. The van der Waals surface area contributed by atoms with E-state index >= 15 is 0 Å². The van der Waals surface area contributed by atoms with E-state index in [9.17, 15) is 9.59 Å². The fourth-order valence-corrected chi connectivity index (χ4v) is 4.55. The highest BCUT2D eigenvalue weighted by molar-refractivity contribution is 6.13. The Hall–Kier alpha value is -4.11. The van der Waals surface area contributed by atoms with E-state index in [1.165, 1.54) is 0 Å². The van der Waals surface area contributed by atoms with Crippen LogP contribution in [0.2, 0.25) is 0 Å². The molecule has 0 bridgehead atoms. The summed E-state index contributed by atoms with van der Waals surface area (Å²) >= 11 is 0. The van der Waals surface area contributed by atoms with Gasteiger partial charge in [-0.2, -0.15) is 0 Å². The number of hydrogen-bond acceptors (Lipinski definition) is 7. The molecule has 0 saturated carbocycles. The zero-order valence-electron chi connectivity index (χ0n) is 22.7. The second-order valence-corrected chi connectivity index (χ2v) is 9.05. The Morgan fingerprint density at radius 2 is 1.74 bits per heavy atom. The number of carbonyl (C=O) groups is 2. The molecule has 0 radical (unpaired) electrons. The molecule has 1 aliphatic heterocycles. The van der Waals surface area contributed by atoms with Crippen LogP contribution >= 0.6 is 0 Å². The lowest BCUT2D eigenvalue weighted by atomic mass is 10.1. The molecule has 2 heterocycles. The van der Waals surface area contributed by atoms with Crippen molar-refractivity contribution in [3.8, 4) is 5.75 Å². The van der Waals surface area contributed by atoms with Gasteiger partial charge in [0.05, 0.1) is 41.1 Å². The maximum Gasteiger partial charge on any atom is 0.260 e. The van der Waals surface area contributed by atoms with Crippen molar-refractivity contribution in [3.63, 3.8) is 0 Å². The van der Waals surface area contributed by atoms with Gasteiger partial charge < -0.3 is 30.1 Å². The largest absolute Gasteiger partial charge is 0.492 e. The summed E-state index contributed by atoms with van der Waals surface area (Å²) in [6, 6.07) is 14.8. The summed E-state index contributed by atoms with van der Waals surface area (Å²) in [6.45, 7) is 9.86. The number of anilines is 5. The minimum atomic E-state index is -0.138. The molecule has 9 heteroatoms. The molecule has 0 unspecified atom stereocenters. The molecule has 2 aromatic carbocycles. The number of ether oxygens (including phenoxy) is 1.